The minimum absolute atomic E-state index is 1.31. The summed E-state index contributed by atoms with van der Waals surface area (Å²) >= 11 is 0. The molecule has 0 fully saturated rings. The molecule has 0 aromatic heterocycles. The summed E-state index contributed by atoms with van der Waals surface area (Å²) in [4.78, 5) is 0. The van der Waals surface area contributed by atoms with Gasteiger partial charge in [-0.25, -0.2) is 0 Å². The van der Waals surface area contributed by atoms with Crippen LogP contribution in [-0.2, 0) is 0 Å². The Morgan fingerprint density at radius 2 is 1.32 bits per heavy atom. The van der Waals surface area contributed by atoms with Crippen molar-refractivity contribution in [3.8, 4) is 0 Å². The zero-order valence-corrected chi connectivity index (χ0v) is 15.0. The van der Waals surface area contributed by atoms with E-state index in [2.05, 4.69) is 49.4 Å². The van der Waals surface area contributed by atoms with Crippen molar-refractivity contribution >= 4 is 24.7 Å². The van der Waals surface area contributed by atoms with Crippen molar-refractivity contribution in [1.82, 2.24) is 0 Å². The van der Waals surface area contributed by atoms with E-state index >= 15 is 0 Å². The van der Waals surface area contributed by atoms with E-state index in [4.69, 9.17) is 0 Å². The van der Waals surface area contributed by atoms with Gasteiger partial charge < -0.3 is 0 Å². The largest absolute Gasteiger partial charge is 0.0654 e. The first-order valence-electron chi connectivity index (χ1n) is 9.07. The SMILES string of the molecule is CCCCCCCCCCC[P]c1cccc2ccccc12. The van der Waals surface area contributed by atoms with Gasteiger partial charge in [-0.15, -0.1) is 0 Å². The number of unbranched alkanes of at least 4 members (excludes halogenated alkanes) is 8. The van der Waals surface area contributed by atoms with Crippen molar-refractivity contribution in [2.24, 2.45) is 0 Å². The second kappa shape index (κ2) is 10.8. The van der Waals surface area contributed by atoms with E-state index in [0.29, 0.717) is 0 Å². The first-order valence-corrected chi connectivity index (χ1v) is 10.1. The van der Waals surface area contributed by atoms with Crippen LogP contribution in [0.25, 0.3) is 10.8 Å². The summed E-state index contributed by atoms with van der Waals surface area (Å²) in [5.41, 5.74) is 0. The predicted octanol–water partition coefficient (Wildman–Crippen LogP) is 6.94. The molecule has 0 aliphatic carbocycles. The minimum atomic E-state index is 1.31. The van der Waals surface area contributed by atoms with Crippen LogP contribution in [-0.4, -0.2) is 6.16 Å². The van der Waals surface area contributed by atoms with Crippen LogP contribution in [0.1, 0.15) is 64.7 Å². The summed E-state index contributed by atoms with van der Waals surface area (Å²) < 4.78 is 0. The molecule has 1 radical (unpaired) electrons. The van der Waals surface area contributed by atoms with Crippen LogP contribution in [0, 0.1) is 0 Å². The topological polar surface area (TPSA) is 0 Å². The highest BCUT2D eigenvalue weighted by Gasteiger charge is 2.00. The molecule has 0 amide bonds. The second-order valence-electron chi connectivity index (χ2n) is 6.21. The van der Waals surface area contributed by atoms with Gasteiger partial charge in [-0.05, 0) is 37.2 Å². The molecule has 0 nitrogen and oxygen atoms in total. The molecule has 0 bridgehead atoms. The van der Waals surface area contributed by atoms with Crippen LogP contribution in [0.2, 0.25) is 0 Å². The van der Waals surface area contributed by atoms with Crippen LogP contribution in [0.15, 0.2) is 42.5 Å². The van der Waals surface area contributed by atoms with Gasteiger partial charge in [0.1, 0.15) is 0 Å². The Kier molecular flexibility index (Phi) is 8.57. The van der Waals surface area contributed by atoms with E-state index in [1.165, 1.54) is 88.6 Å². The molecular weight excluding hydrogens is 283 g/mol. The van der Waals surface area contributed by atoms with Crippen molar-refractivity contribution < 1.29 is 0 Å². The van der Waals surface area contributed by atoms with Crippen LogP contribution in [0.3, 0.4) is 0 Å². The molecule has 119 valence electrons. The van der Waals surface area contributed by atoms with Crippen molar-refractivity contribution in [3.63, 3.8) is 0 Å². The molecule has 2 rings (SSSR count). The van der Waals surface area contributed by atoms with Gasteiger partial charge in [0, 0.05) is 0 Å². The lowest BCUT2D eigenvalue weighted by molar-refractivity contribution is 0.573. The lowest BCUT2D eigenvalue weighted by Crippen LogP contribution is -1.97. The lowest BCUT2D eigenvalue weighted by atomic mass is 10.1. The molecule has 0 unspecified atom stereocenters. The monoisotopic (exact) mass is 313 g/mol. The molecule has 0 N–H and O–H groups in total. The van der Waals surface area contributed by atoms with E-state index in [1.807, 2.05) is 0 Å². The van der Waals surface area contributed by atoms with Gasteiger partial charge in [-0.3, -0.25) is 0 Å². The normalized spacial score (nSPS) is 11.7. The lowest BCUT2D eigenvalue weighted by Gasteiger charge is -2.06. The molecule has 0 aliphatic rings. The van der Waals surface area contributed by atoms with Crippen LogP contribution >= 0.6 is 8.58 Å². The van der Waals surface area contributed by atoms with E-state index in [-0.39, 0.29) is 0 Å². The molecule has 0 saturated heterocycles. The number of hydrogen-bond acceptors (Lipinski definition) is 0. The first kappa shape index (κ1) is 17.5. The molecular formula is C21H30P. The molecule has 2 aromatic carbocycles. The van der Waals surface area contributed by atoms with Gasteiger partial charge in [-0.1, -0.05) is 101 Å². The Balaban J connectivity index is 1.59. The Bertz CT molecular complexity index is 527. The average Bonchev–Trinajstić information content (AvgIpc) is 2.56. The standard InChI is InChI=1S/C21H30P/c1-2-3-4-5-6-7-8-9-12-18-22-21-17-13-15-19-14-10-11-16-20(19)21/h10-11,13-17H,2-9,12,18H2,1H3. The number of hydrogen-bond donors (Lipinski definition) is 0. The van der Waals surface area contributed by atoms with Gasteiger partial charge in [0.25, 0.3) is 0 Å². The second-order valence-corrected chi connectivity index (χ2v) is 7.45. The third kappa shape index (κ3) is 6.09. The summed E-state index contributed by atoms with van der Waals surface area (Å²) in [5, 5.41) is 4.31. The maximum absolute atomic E-state index is 2.29. The van der Waals surface area contributed by atoms with Crippen molar-refractivity contribution in [2.75, 3.05) is 6.16 Å². The summed E-state index contributed by atoms with van der Waals surface area (Å²) in [5.74, 6) is 0. The smallest absolute Gasteiger partial charge is 0.0103 e. The van der Waals surface area contributed by atoms with E-state index in [1.54, 1.807) is 0 Å². The van der Waals surface area contributed by atoms with Crippen molar-refractivity contribution in [1.29, 1.82) is 0 Å². The Labute approximate surface area is 138 Å². The van der Waals surface area contributed by atoms with Gasteiger partial charge in [0.15, 0.2) is 0 Å². The average molecular weight is 313 g/mol. The minimum Gasteiger partial charge on any atom is -0.0654 e. The first-order chi connectivity index (χ1) is 10.9. The highest BCUT2D eigenvalue weighted by atomic mass is 31.1. The highest BCUT2D eigenvalue weighted by Crippen LogP contribution is 2.21. The van der Waals surface area contributed by atoms with Crippen molar-refractivity contribution in [2.45, 2.75) is 64.7 Å². The van der Waals surface area contributed by atoms with E-state index in [0.717, 1.165) is 0 Å². The highest BCUT2D eigenvalue weighted by molar-refractivity contribution is 7.47. The maximum atomic E-state index is 2.29. The number of benzene rings is 2. The molecule has 0 spiro atoms. The molecule has 0 saturated carbocycles. The predicted molar refractivity (Wildman–Crippen MR) is 103 cm³/mol. The van der Waals surface area contributed by atoms with Gasteiger partial charge in [0.05, 0.1) is 0 Å². The summed E-state index contributed by atoms with van der Waals surface area (Å²) in [6.07, 6.45) is 14.1. The number of fused-ring (bicyclic) bond motifs is 1. The van der Waals surface area contributed by atoms with E-state index in [9.17, 15) is 0 Å². The molecule has 1 heteroatoms. The molecule has 0 heterocycles. The fourth-order valence-corrected chi connectivity index (χ4v) is 4.16. The summed E-state index contributed by atoms with van der Waals surface area (Å²) in [7, 11) is 1.50. The zero-order chi connectivity index (χ0) is 15.5. The number of rotatable bonds is 11. The Morgan fingerprint density at radius 1 is 0.682 bits per heavy atom. The van der Waals surface area contributed by atoms with Crippen LogP contribution < -0.4 is 5.30 Å². The van der Waals surface area contributed by atoms with Gasteiger partial charge in [0.2, 0.25) is 0 Å². The molecule has 0 atom stereocenters. The zero-order valence-electron chi connectivity index (χ0n) is 14.1. The Morgan fingerprint density at radius 3 is 2.09 bits per heavy atom. The molecule has 2 aromatic rings. The van der Waals surface area contributed by atoms with E-state index < -0.39 is 0 Å². The maximum Gasteiger partial charge on any atom is -0.0103 e. The molecule has 22 heavy (non-hydrogen) atoms. The third-order valence-corrected chi connectivity index (χ3v) is 5.58. The van der Waals surface area contributed by atoms with Gasteiger partial charge in [-0.2, -0.15) is 0 Å². The quantitative estimate of drug-likeness (QED) is 0.311. The van der Waals surface area contributed by atoms with Crippen molar-refractivity contribution in [3.05, 3.63) is 42.5 Å². The van der Waals surface area contributed by atoms with Gasteiger partial charge >= 0.3 is 0 Å². The molecule has 0 aliphatic heterocycles. The Hall–Kier alpha value is -0.870. The van der Waals surface area contributed by atoms with Crippen LogP contribution in [0.4, 0.5) is 0 Å². The third-order valence-electron chi connectivity index (χ3n) is 4.31. The fraction of sp³-hybridized carbons (Fsp3) is 0.524. The fourth-order valence-electron chi connectivity index (χ4n) is 2.97. The summed E-state index contributed by atoms with van der Waals surface area (Å²) in [6, 6.07) is 15.5. The summed E-state index contributed by atoms with van der Waals surface area (Å²) in [6.45, 7) is 2.29. The van der Waals surface area contributed by atoms with Crippen LogP contribution in [0.5, 0.6) is 0 Å².